The van der Waals surface area contributed by atoms with Crippen LogP contribution >= 0.6 is 12.2 Å². The summed E-state index contributed by atoms with van der Waals surface area (Å²) in [6.07, 6.45) is 0.268. The molecule has 1 atom stereocenters. The number of rotatable bonds is 6. The van der Waals surface area contributed by atoms with Crippen molar-refractivity contribution in [1.82, 2.24) is 0 Å². The van der Waals surface area contributed by atoms with E-state index in [0.717, 1.165) is 0 Å². The fourth-order valence-electron chi connectivity index (χ4n) is 1.63. The highest BCUT2D eigenvalue weighted by Crippen LogP contribution is 2.16. The molecule has 4 nitrogen and oxygen atoms in total. The average molecular weight is 284 g/mol. The summed E-state index contributed by atoms with van der Waals surface area (Å²) in [6.45, 7) is 2.37. The van der Waals surface area contributed by atoms with Gasteiger partial charge in [-0.15, -0.1) is 0 Å². The molecule has 0 heterocycles. The minimum Gasteiger partial charge on any atom is -0.389 e. The van der Waals surface area contributed by atoms with E-state index in [1.165, 1.54) is 12.1 Å². The lowest BCUT2D eigenvalue weighted by molar-refractivity contribution is -0.117. The van der Waals surface area contributed by atoms with Gasteiger partial charge in [0.15, 0.2) is 0 Å². The van der Waals surface area contributed by atoms with Gasteiger partial charge in [-0.3, -0.25) is 4.79 Å². The first-order valence-corrected chi connectivity index (χ1v) is 6.23. The smallest absolute Gasteiger partial charge is 0.224 e. The van der Waals surface area contributed by atoms with Gasteiger partial charge in [-0.1, -0.05) is 19.1 Å². The molecule has 1 amide bonds. The highest BCUT2D eigenvalue weighted by Gasteiger charge is 2.12. The zero-order valence-electron chi connectivity index (χ0n) is 10.9. The van der Waals surface area contributed by atoms with E-state index >= 15 is 0 Å². The van der Waals surface area contributed by atoms with Crippen molar-refractivity contribution in [2.45, 2.75) is 13.3 Å². The number of halogens is 1. The average Bonchev–Trinajstić information content (AvgIpc) is 2.31. The molecule has 0 saturated heterocycles. The highest BCUT2D eigenvalue weighted by molar-refractivity contribution is 7.80. The van der Waals surface area contributed by atoms with Gasteiger partial charge < -0.3 is 15.8 Å². The second-order valence-electron chi connectivity index (χ2n) is 4.37. The van der Waals surface area contributed by atoms with E-state index in [2.05, 4.69) is 5.32 Å². The van der Waals surface area contributed by atoms with Gasteiger partial charge >= 0.3 is 0 Å². The van der Waals surface area contributed by atoms with Crippen LogP contribution in [-0.4, -0.2) is 24.6 Å². The Kier molecular flexibility index (Phi) is 5.85. The Balaban J connectivity index is 2.67. The molecule has 0 bridgehead atoms. The van der Waals surface area contributed by atoms with Gasteiger partial charge in [-0.2, -0.15) is 0 Å². The molecular formula is C13H17FN2O2S. The van der Waals surface area contributed by atoms with E-state index in [1.807, 2.05) is 6.92 Å². The standard InChI is InChI=1S/C13H17FN2O2S/c1-8(7-18-2)5-12(17)16-11-4-3-9(13(15)19)6-10(11)14/h3-4,6,8H,5,7H2,1-2H3,(H2,15,19)(H,16,17). The molecule has 6 heteroatoms. The molecule has 1 aromatic carbocycles. The summed E-state index contributed by atoms with van der Waals surface area (Å²) in [4.78, 5) is 11.8. The summed E-state index contributed by atoms with van der Waals surface area (Å²) in [5.41, 5.74) is 5.95. The first-order valence-electron chi connectivity index (χ1n) is 5.82. The summed E-state index contributed by atoms with van der Waals surface area (Å²) >= 11 is 4.75. The van der Waals surface area contributed by atoms with Crippen LogP contribution in [0, 0.1) is 11.7 Å². The Bertz CT molecular complexity index is 480. The molecule has 0 radical (unpaired) electrons. The minimum atomic E-state index is -0.557. The fourth-order valence-corrected chi connectivity index (χ4v) is 1.76. The number of amides is 1. The number of hydrogen-bond acceptors (Lipinski definition) is 3. The molecule has 0 aliphatic heterocycles. The van der Waals surface area contributed by atoms with Crippen molar-refractivity contribution in [2.75, 3.05) is 19.0 Å². The van der Waals surface area contributed by atoms with Gasteiger partial charge in [0.2, 0.25) is 5.91 Å². The van der Waals surface area contributed by atoms with E-state index in [-0.39, 0.29) is 28.9 Å². The summed E-state index contributed by atoms with van der Waals surface area (Å²) in [7, 11) is 1.57. The Labute approximate surface area is 117 Å². The Morgan fingerprint density at radius 1 is 1.58 bits per heavy atom. The van der Waals surface area contributed by atoms with E-state index in [4.69, 9.17) is 22.7 Å². The van der Waals surface area contributed by atoms with E-state index in [0.29, 0.717) is 12.2 Å². The molecule has 1 unspecified atom stereocenters. The molecule has 0 spiro atoms. The van der Waals surface area contributed by atoms with E-state index in [9.17, 15) is 9.18 Å². The molecule has 1 aromatic rings. The quantitative estimate of drug-likeness (QED) is 0.785. The van der Waals surface area contributed by atoms with Gasteiger partial charge in [0.1, 0.15) is 10.8 Å². The zero-order valence-corrected chi connectivity index (χ0v) is 11.7. The van der Waals surface area contributed by atoms with Crippen LogP contribution in [0.3, 0.4) is 0 Å². The molecular weight excluding hydrogens is 267 g/mol. The highest BCUT2D eigenvalue weighted by atomic mass is 32.1. The van der Waals surface area contributed by atoms with Crippen LogP contribution < -0.4 is 11.1 Å². The van der Waals surface area contributed by atoms with E-state index < -0.39 is 5.82 Å². The maximum absolute atomic E-state index is 13.7. The third-order valence-electron chi connectivity index (χ3n) is 2.51. The monoisotopic (exact) mass is 284 g/mol. The van der Waals surface area contributed by atoms with Crippen molar-refractivity contribution in [3.8, 4) is 0 Å². The first kappa shape index (κ1) is 15.5. The van der Waals surface area contributed by atoms with Gasteiger partial charge in [-0.25, -0.2) is 4.39 Å². The number of anilines is 1. The molecule has 0 saturated carbocycles. The summed E-state index contributed by atoms with van der Waals surface area (Å²) in [5.74, 6) is -0.742. The lowest BCUT2D eigenvalue weighted by Crippen LogP contribution is -2.18. The lowest BCUT2D eigenvalue weighted by Gasteiger charge is -2.11. The maximum Gasteiger partial charge on any atom is 0.224 e. The van der Waals surface area contributed by atoms with Crippen LogP contribution in [0.1, 0.15) is 18.9 Å². The number of nitrogens with one attached hydrogen (secondary N) is 1. The van der Waals surface area contributed by atoms with Crippen LogP contribution in [0.5, 0.6) is 0 Å². The van der Waals surface area contributed by atoms with Gasteiger partial charge in [0.25, 0.3) is 0 Å². The Hall–Kier alpha value is -1.53. The molecule has 104 valence electrons. The number of benzene rings is 1. The summed E-state index contributed by atoms with van der Waals surface area (Å²) in [5, 5.41) is 2.51. The number of carbonyl (C=O) groups excluding carboxylic acids is 1. The Morgan fingerprint density at radius 3 is 2.79 bits per heavy atom. The van der Waals surface area contributed by atoms with Crippen LogP contribution in [-0.2, 0) is 9.53 Å². The van der Waals surface area contributed by atoms with Crippen molar-refractivity contribution >= 4 is 28.8 Å². The zero-order chi connectivity index (χ0) is 14.4. The molecule has 0 aromatic heterocycles. The molecule has 3 N–H and O–H groups in total. The van der Waals surface area contributed by atoms with Crippen molar-refractivity contribution in [3.05, 3.63) is 29.6 Å². The molecule has 1 rings (SSSR count). The number of nitrogens with two attached hydrogens (primary N) is 1. The lowest BCUT2D eigenvalue weighted by atomic mass is 10.1. The largest absolute Gasteiger partial charge is 0.389 e. The van der Waals surface area contributed by atoms with Gasteiger partial charge in [0.05, 0.1) is 5.69 Å². The fraction of sp³-hybridized carbons (Fsp3) is 0.385. The third kappa shape index (κ3) is 4.92. The van der Waals surface area contributed by atoms with Gasteiger partial charge in [-0.05, 0) is 24.1 Å². The predicted molar refractivity (Wildman–Crippen MR) is 76.6 cm³/mol. The SMILES string of the molecule is COCC(C)CC(=O)Nc1ccc(C(N)=S)cc1F. The van der Waals surface area contributed by atoms with Crippen LogP contribution in [0.2, 0.25) is 0 Å². The molecule has 19 heavy (non-hydrogen) atoms. The second-order valence-corrected chi connectivity index (χ2v) is 4.81. The number of hydrogen-bond donors (Lipinski definition) is 2. The summed E-state index contributed by atoms with van der Waals surface area (Å²) < 4.78 is 18.6. The molecule has 0 aliphatic rings. The van der Waals surface area contributed by atoms with Crippen molar-refractivity contribution < 1.29 is 13.9 Å². The number of carbonyl (C=O) groups is 1. The molecule has 0 aliphatic carbocycles. The van der Waals surface area contributed by atoms with Crippen LogP contribution in [0.15, 0.2) is 18.2 Å². The summed E-state index contributed by atoms with van der Waals surface area (Å²) in [6, 6.07) is 4.22. The third-order valence-corrected chi connectivity index (χ3v) is 2.75. The second kappa shape index (κ2) is 7.16. The molecule has 0 fully saturated rings. The van der Waals surface area contributed by atoms with Crippen molar-refractivity contribution in [1.29, 1.82) is 0 Å². The number of thiocarbonyl (C=S) groups is 1. The topological polar surface area (TPSA) is 64.3 Å². The van der Waals surface area contributed by atoms with Crippen LogP contribution in [0.4, 0.5) is 10.1 Å². The number of methoxy groups -OCH3 is 1. The van der Waals surface area contributed by atoms with Crippen LogP contribution in [0.25, 0.3) is 0 Å². The van der Waals surface area contributed by atoms with Crippen molar-refractivity contribution in [2.24, 2.45) is 11.7 Å². The minimum absolute atomic E-state index is 0.0731. The first-order chi connectivity index (χ1) is 8.93. The maximum atomic E-state index is 13.7. The Morgan fingerprint density at radius 2 is 2.26 bits per heavy atom. The van der Waals surface area contributed by atoms with E-state index in [1.54, 1.807) is 13.2 Å². The number of ether oxygens (including phenoxy) is 1. The predicted octanol–water partition coefficient (Wildman–Crippen LogP) is 2.07. The van der Waals surface area contributed by atoms with Gasteiger partial charge in [0, 0.05) is 25.7 Å². The van der Waals surface area contributed by atoms with Crippen molar-refractivity contribution in [3.63, 3.8) is 0 Å². The normalized spacial score (nSPS) is 11.9.